The molecule has 1 unspecified atom stereocenters. The highest BCUT2D eigenvalue weighted by atomic mass is 79.9. The lowest BCUT2D eigenvalue weighted by Crippen LogP contribution is -2.51. The molecule has 1 N–H and O–H groups in total. The maximum atomic E-state index is 12.7. The first kappa shape index (κ1) is 66.6. The molecular formula is C63H79BrCl2FN13O6. The third kappa shape index (κ3) is 15.2. The number of benzene rings is 2. The fraction of sp³-hybridized carbons (Fsp3) is 0.397. The van der Waals surface area contributed by atoms with Crippen molar-refractivity contribution in [2.75, 3.05) is 73.6 Å². The van der Waals surface area contributed by atoms with E-state index in [1.54, 1.807) is 59.5 Å². The van der Waals surface area contributed by atoms with Crippen molar-refractivity contribution in [3.8, 4) is 0 Å². The number of hydroxylamine groups is 2. The monoisotopic (exact) mass is 1280 g/mol. The van der Waals surface area contributed by atoms with Gasteiger partial charge in [-0.15, -0.1) is 0 Å². The average Bonchev–Trinajstić information content (AvgIpc) is 1.75. The summed E-state index contributed by atoms with van der Waals surface area (Å²) in [6, 6.07) is 20.1. The zero-order chi connectivity index (χ0) is 61.3. The Hall–Kier alpha value is -6.95. The van der Waals surface area contributed by atoms with Crippen LogP contribution in [0.2, 0.25) is 10.0 Å². The minimum absolute atomic E-state index is 0. The molecule has 2 aliphatic carbocycles. The number of ether oxygens (including phenoxy) is 1. The standard InChI is InChI=1S/C30H36ClN5O3.C19H19BrClN3.C7H11N3O2.C7H10N2O.FH.H2/c1-6-30(38,25-18-32-19-34(25)5)24-16-20-8-7-11-33-26(20)27(22-10-9-21(31)17-23(22)24)35-12-14-36(15-13-35)28(37)39-29(2,3)4;1-23-7-9-24(10-8-23)19-15-5-4-14(21)12-16(15)17(20)11-13-3-2-6-22-18(13)19;1-9-5-8-4-6(9)7(11)10(2)12-3;1-3-7(10)6-4-8-5-9(6)2;;/h7-11,16-19,27,38H,6,12-15H2,1-5H3;2-6,11-12,19H,7-10H2,1H3;4-5H,1-3H3;4-5H,3H2,1-2H3;2*1H/t27-,30?;19-;;;;/m00..../s1/i;;;;;1+2. The maximum absolute atomic E-state index is 12.7. The summed E-state index contributed by atoms with van der Waals surface area (Å²) in [6.07, 6.45) is 18.3. The van der Waals surface area contributed by atoms with Gasteiger partial charge in [-0.25, -0.2) is 24.8 Å². The molecule has 4 aliphatic rings. The Balaban J connectivity index is 0.000000212. The predicted octanol–water partition coefficient (Wildman–Crippen LogP) is 11.0. The Morgan fingerprint density at radius 3 is 1.70 bits per heavy atom. The van der Waals surface area contributed by atoms with E-state index in [9.17, 15) is 19.5 Å². The van der Waals surface area contributed by atoms with E-state index in [1.807, 2.05) is 120 Å². The molecule has 0 spiro atoms. The maximum Gasteiger partial charge on any atom is 0.410 e. The summed E-state index contributed by atoms with van der Waals surface area (Å²) in [5, 5.41) is 14.8. The van der Waals surface area contributed by atoms with Gasteiger partial charge in [0.1, 0.15) is 22.6 Å². The van der Waals surface area contributed by atoms with Crippen molar-refractivity contribution in [2.24, 2.45) is 21.1 Å². The van der Waals surface area contributed by atoms with E-state index in [1.165, 1.54) is 24.4 Å². The van der Waals surface area contributed by atoms with Crippen molar-refractivity contribution in [3.63, 3.8) is 0 Å². The molecule has 0 saturated carbocycles. The Labute approximate surface area is 522 Å². The van der Waals surface area contributed by atoms with E-state index in [0.717, 1.165) is 80.0 Å². The van der Waals surface area contributed by atoms with Gasteiger partial charge in [-0.05, 0) is 122 Å². The Morgan fingerprint density at radius 2 is 1.21 bits per heavy atom. The van der Waals surface area contributed by atoms with E-state index >= 15 is 0 Å². The molecule has 23 heteroatoms. The number of hydrogen-bond acceptors (Lipinski definition) is 14. The summed E-state index contributed by atoms with van der Waals surface area (Å²) in [5.41, 5.74) is 9.26. The number of piperazine rings is 2. The van der Waals surface area contributed by atoms with E-state index in [-0.39, 0.29) is 36.0 Å². The van der Waals surface area contributed by atoms with E-state index in [0.29, 0.717) is 61.1 Å². The van der Waals surface area contributed by atoms with Gasteiger partial charge in [-0.1, -0.05) is 77.2 Å². The van der Waals surface area contributed by atoms with Gasteiger partial charge in [-0.2, -0.15) is 0 Å². The molecule has 86 heavy (non-hydrogen) atoms. The second-order valence-corrected chi connectivity index (χ2v) is 24.0. The number of aryl methyl sites for hydroxylation is 3. The molecule has 7 heterocycles. The van der Waals surface area contributed by atoms with Crippen LogP contribution in [0.1, 0.15) is 132 Å². The zero-order valence-corrected chi connectivity index (χ0v) is 53.7. The van der Waals surface area contributed by atoms with Crippen molar-refractivity contribution >= 4 is 79.1 Å². The fourth-order valence-corrected chi connectivity index (χ4v) is 11.7. The number of ketones is 1. The van der Waals surface area contributed by atoms with Crippen LogP contribution in [0.25, 0.3) is 22.2 Å². The molecule has 7 aromatic rings. The molecule has 460 valence electrons. The van der Waals surface area contributed by atoms with Crippen LogP contribution in [0.5, 0.6) is 0 Å². The first-order valence-electron chi connectivity index (χ1n) is 28.3. The number of amides is 2. The quantitative estimate of drug-likeness (QED) is 0.106. The summed E-state index contributed by atoms with van der Waals surface area (Å²) in [6.45, 7) is 16.1. The molecule has 11 rings (SSSR count). The van der Waals surface area contributed by atoms with Gasteiger partial charge in [0.2, 0.25) is 0 Å². The summed E-state index contributed by atoms with van der Waals surface area (Å²) in [5.74, 6) is -0.0718. The number of carbonyl (C=O) groups is 3. The molecule has 0 radical (unpaired) electrons. The Kier molecular flexibility index (Phi) is 22.6. The number of nitrogens with zero attached hydrogens (tertiary/aromatic N) is 13. The second-order valence-electron chi connectivity index (χ2n) is 22.3. The number of carbonyl (C=O) groups excluding carboxylic acids is 3. The number of fused-ring (bicyclic) bond motifs is 4. The lowest BCUT2D eigenvalue weighted by molar-refractivity contribution is -0.0762. The van der Waals surface area contributed by atoms with E-state index in [2.05, 4.69) is 70.8 Å². The van der Waals surface area contributed by atoms with Crippen LogP contribution in [0.4, 0.5) is 9.50 Å². The van der Waals surface area contributed by atoms with Crippen LogP contribution in [0, 0.1) is 0 Å². The number of rotatable bonds is 9. The molecule has 5 aromatic heterocycles. The molecule has 2 aliphatic heterocycles. The summed E-state index contributed by atoms with van der Waals surface area (Å²) in [4.78, 5) is 70.5. The number of aromatic nitrogens is 8. The molecule has 19 nitrogen and oxygen atoms in total. The van der Waals surface area contributed by atoms with Crippen LogP contribution in [-0.2, 0) is 36.3 Å². The minimum atomic E-state index is -1.30. The molecule has 2 fully saturated rings. The Morgan fingerprint density at radius 1 is 0.709 bits per heavy atom. The molecular weight excluding hydrogens is 1200 g/mol. The van der Waals surface area contributed by atoms with E-state index in [4.69, 9.17) is 42.7 Å². The smallest absolute Gasteiger partial charge is 0.410 e. The van der Waals surface area contributed by atoms with Crippen LogP contribution in [-0.4, -0.2) is 165 Å². The second kappa shape index (κ2) is 29.2. The number of halogens is 4. The third-order valence-corrected chi connectivity index (χ3v) is 16.6. The van der Waals surface area contributed by atoms with Gasteiger partial charge >= 0.3 is 6.09 Å². The molecule has 0 bridgehead atoms. The number of aliphatic hydroxyl groups is 1. The van der Waals surface area contributed by atoms with Gasteiger partial charge in [0, 0.05) is 115 Å². The normalized spacial score (nSPS) is 17.4. The summed E-state index contributed by atoms with van der Waals surface area (Å²) >= 11 is 16.6. The SMILES string of the molecule is CCC(=O)c1cncn1C.CCC(O)(C1=Cc2cccnc2[C@@H](N2CCN(C(=O)OC(C)(C)C)CC2)c2ccc(Cl)cc21)c1cncn1C.CN1CCN([C@H]2c3ccc(Cl)cc3C(Br)=Cc3cccnc32)CC1.CON(C)C(=O)c1cncn1C.F.[3HH]. The van der Waals surface area contributed by atoms with Gasteiger partial charge in [0.05, 0.1) is 73.8 Å². The fourth-order valence-electron chi connectivity index (χ4n) is 10.8. The Bertz CT molecular complexity index is 3560. The largest absolute Gasteiger partial charge is 0.444 e. The van der Waals surface area contributed by atoms with Gasteiger partial charge in [-0.3, -0.25) is 38.9 Å². The van der Waals surface area contributed by atoms with Crippen molar-refractivity contribution < 1.29 is 35.2 Å². The topological polar surface area (TPSA) is 185 Å². The van der Waals surface area contributed by atoms with Crippen molar-refractivity contribution in [1.29, 1.82) is 0 Å². The van der Waals surface area contributed by atoms with Crippen molar-refractivity contribution in [2.45, 2.75) is 70.7 Å². The van der Waals surface area contributed by atoms with Crippen LogP contribution >= 0.6 is 39.1 Å². The molecule has 2 amide bonds. The highest BCUT2D eigenvalue weighted by Crippen LogP contribution is 2.48. The summed E-state index contributed by atoms with van der Waals surface area (Å²) in [7, 11) is 10.6. The average molecular weight is 1290 g/mol. The zero-order valence-electron chi connectivity index (χ0n) is 50.6. The molecule has 3 atom stereocenters. The first-order valence-corrected chi connectivity index (χ1v) is 29.8. The molecule has 2 aromatic carbocycles. The van der Waals surface area contributed by atoms with Crippen LogP contribution in [0.3, 0.4) is 0 Å². The first-order chi connectivity index (χ1) is 40.6. The highest BCUT2D eigenvalue weighted by molar-refractivity contribution is 9.15. The lowest BCUT2D eigenvalue weighted by Gasteiger charge is -2.40. The number of likely N-dealkylation sites (N-methyl/N-ethyl adjacent to an activating group) is 1. The number of pyridine rings is 2. The van der Waals surface area contributed by atoms with Crippen molar-refractivity contribution in [1.82, 2.24) is 63.3 Å². The minimum Gasteiger partial charge on any atom is -0.444 e. The summed E-state index contributed by atoms with van der Waals surface area (Å²) < 4.78 is 11.9. The number of imidazole rings is 3. The van der Waals surface area contributed by atoms with Crippen molar-refractivity contribution in [3.05, 3.63) is 183 Å². The predicted molar refractivity (Wildman–Crippen MR) is 340 cm³/mol. The van der Waals surface area contributed by atoms with Crippen LogP contribution < -0.4 is 0 Å². The van der Waals surface area contributed by atoms with Gasteiger partial charge in [0.15, 0.2) is 5.78 Å². The lowest BCUT2D eigenvalue weighted by atomic mass is 9.81. The molecule has 2 saturated heterocycles. The van der Waals surface area contributed by atoms with Gasteiger partial charge in [0.25, 0.3) is 5.91 Å². The van der Waals surface area contributed by atoms with E-state index < -0.39 is 11.2 Å². The van der Waals surface area contributed by atoms with Crippen LogP contribution in [0.15, 0.2) is 111 Å². The number of hydrogen-bond donors (Lipinski definition) is 1. The number of Topliss-reactive ketones (excluding diaryl/α,β-unsaturated/α-hetero) is 1. The third-order valence-electron chi connectivity index (χ3n) is 15.5. The van der Waals surface area contributed by atoms with Gasteiger partial charge < -0.3 is 33.3 Å². The highest BCUT2D eigenvalue weighted by Gasteiger charge is 2.41.